The largest absolute Gasteiger partial charge is 0.314 e. The molecule has 0 aromatic heterocycles. The molecule has 0 aromatic carbocycles. The molecule has 0 saturated carbocycles. The van der Waals surface area contributed by atoms with Crippen molar-refractivity contribution in [1.82, 2.24) is 10.2 Å². The number of nitrogens with one attached hydrogen (secondary N) is 1. The molecule has 0 bridgehead atoms. The van der Waals surface area contributed by atoms with E-state index in [1.54, 1.807) is 0 Å². The zero-order chi connectivity index (χ0) is 11.5. The van der Waals surface area contributed by atoms with E-state index in [2.05, 4.69) is 37.6 Å². The van der Waals surface area contributed by atoms with Crippen LogP contribution in [-0.2, 0) is 0 Å². The van der Waals surface area contributed by atoms with Crippen LogP contribution in [0, 0.1) is 0 Å². The van der Waals surface area contributed by atoms with E-state index in [0.717, 1.165) is 13.0 Å². The van der Waals surface area contributed by atoms with Gasteiger partial charge in [0.2, 0.25) is 0 Å². The van der Waals surface area contributed by atoms with Crippen LogP contribution in [0.3, 0.4) is 0 Å². The number of hydrogen-bond acceptors (Lipinski definition) is 2. The lowest BCUT2D eigenvalue weighted by molar-refractivity contribution is 0.295. The van der Waals surface area contributed by atoms with E-state index >= 15 is 0 Å². The summed E-state index contributed by atoms with van der Waals surface area (Å²) in [5, 5.41) is 3.55. The lowest BCUT2D eigenvalue weighted by Gasteiger charge is -2.19. The van der Waals surface area contributed by atoms with E-state index in [4.69, 9.17) is 0 Å². The number of nitrogens with zero attached hydrogens (tertiary/aromatic N) is 1. The van der Waals surface area contributed by atoms with E-state index in [-0.39, 0.29) is 0 Å². The Hall–Kier alpha value is -0.340. The lowest BCUT2D eigenvalue weighted by Crippen LogP contribution is -2.31. The summed E-state index contributed by atoms with van der Waals surface area (Å²) in [6.07, 6.45) is 5.56. The quantitative estimate of drug-likeness (QED) is 0.442. The van der Waals surface area contributed by atoms with Crippen molar-refractivity contribution >= 4 is 0 Å². The Kier molecular flexibility index (Phi) is 9.96. The second-order valence-corrected chi connectivity index (χ2v) is 4.10. The molecule has 0 amide bonds. The third-order valence-electron chi connectivity index (χ3n) is 2.84. The zero-order valence-corrected chi connectivity index (χ0v) is 10.8. The molecule has 90 valence electrons. The molecule has 0 saturated heterocycles. The first-order chi connectivity index (χ1) is 7.24. The highest BCUT2D eigenvalue weighted by atomic mass is 15.1. The third-order valence-corrected chi connectivity index (χ3v) is 2.84. The van der Waals surface area contributed by atoms with Gasteiger partial charge in [-0.2, -0.15) is 0 Å². The monoisotopic (exact) mass is 212 g/mol. The maximum Gasteiger partial charge on any atom is 0.00416 e. The van der Waals surface area contributed by atoms with Crippen molar-refractivity contribution < 1.29 is 0 Å². The average molecular weight is 212 g/mol. The second kappa shape index (κ2) is 10.2. The van der Waals surface area contributed by atoms with Crippen LogP contribution in [0.1, 0.15) is 40.0 Å². The first-order valence-electron chi connectivity index (χ1n) is 6.31. The predicted molar refractivity (Wildman–Crippen MR) is 69.3 cm³/mol. The molecule has 2 heteroatoms. The maximum atomic E-state index is 3.74. The molecule has 0 aliphatic carbocycles. The van der Waals surface area contributed by atoms with Gasteiger partial charge in [-0.25, -0.2) is 0 Å². The van der Waals surface area contributed by atoms with E-state index in [9.17, 15) is 0 Å². The maximum absolute atomic E-state index is 3.74. The minimum atomic E-state index is 0.625. The van der Waals surface area contributed by atoms with Crippen LogP contribution in [0.5, 0.6) is 0 Å². The van der Waals surface area contributed by atoms with Gasteiger partial charge in [-0.05, 0) is 52.4 Å². The van der Waals surface area contributed by atoms with Gasteiger partial charge in [0.25, 0.3) is 0 Å². The molecule has 0 fully saturated rings. The smallest absolute Gasteiger partial charge is 0.00416 e. The van der Waals surface area contributed by atoms with Crippen molar-refractivity contribution in [2.24, 2.45) is 0 Å². The Bertz CT molecular complexity index is 141. The van der Waals surface area contributed by atoms with Crippen molar-refractivity contribution in [3.63, 3.8) is 0 Å². The summed E-state index contributed by atoms with van der Waals surface area (Å²) in [5.74, 6) is 0. The van der Waals surface area contributed by atoms with Crippen LogP contribution in [0.2, 0.25) is 0 Å². The molecular formula is C13H28N2. The fraction of sp³-hybridized carbons (Fsp3) is 0.846. The van der Waals surface area contributed by atoms with E-state index < -0.39 is 0 Å². The van der Waals surface area contributed by atoms with Crippen molar-refractivity contribution in [2.75, 3.05) is 26.2 Å². The summed E-state index contributed by atoms with van der Waals surface area (Å²) in [4.78, 5) is 2.47. The minimum absolute atomic E-state index is 0.625. The fourth-order valence-electron chi connectivity index (χ4n) is 1.66. The van der Waals surface area contributed by atoms with Crippen LogP contribution in [0.25, 0.3) is 0 Å². The van der Waals surface area contributed by atoms with Gasteiger partial charge in [0.05, 0.1) is 0 Å². The SMILES string of the molecule is C=CCCC(C)NCCCN(CC)CC. The summed E-state index contributed by atoms with van der Waals surface area (Å²) >= 11 is 0. The second-order valence-electron chi connectivity index (χ2n) is 4.10. The predicted octanol–water partition coefficient (Wildman–Crippen LogP) is 2.66. The standard InChI is InChI=1S/C13H28N2/c1-5-8-10-13(4)14-11-9-12-15(6-2)7-3/h5,13-14H,1,6-12H2,2-4H3. The third kappa shape index (κ3) is 8.64. The van der Waals surface area contributed by atoms with Crippen LogP contribution in [0.15, 0.2) is 12.7 Å². The molecule has 1 unspecified atom stereocenters. The van der Waals surface area contributed by atoms with E-state index in [1.165, 1.54) is 32.5 Å². The molecule has 15 heavy (non-hydrogen) atoms. The minimum Gasteiger partial charge on any atom is -0.314 e. The number of allylic oxidation sites excluding steroid dienone is 1. The van der Waals surface area contributed by atoms with Gasteiger partial charge < -0.3 is 10.2 Å². The van der Waals surface area contributed by atoms with Crippen molar-refractivity contribution in [3.05, 3.63) is 12.7 Å². The van der Waals surface area contributed by atoms with Gasteiger partial charge in [0.15, 0.2) is 0 Å². The molecule has 1 N–H and O–H groups in total. The molecule has 0 rings (SSSR count). The summed E-state index contributed by atoms with van der Waals surface area (Å²) in [6.45, 7) is 15.1. The first-order valence-corrected chi connectivity index (χ1v) is 6.31. The van der Waals surface area contributed by atoms with Gasteiger partial charge >= 0.3 is 0 Å². The lowest BCUT2D eigenvalue weighted by atomic mass is 10.2. The molecular weight excluding hydrogens is 184 g/mol. The fourth-order valence-corrected chi connectivity index (χ4v) is 1.66. The highest BCUT2D eigenvalue weighted by Crippen LogP contribution is 1.97. The molecule has 0 aromatic rings. The van der Waals surface area contributed by atoms with Crippen LogP contribution >= 0.6 is 0 Å². The molecule has 0 aliphatic rings. The van der Waals surface area contributed by atoms with Crippen molar-refractivity contribution in [3.8, 4) is 0 Å². The Morgan fingerprint density at radius 1 is 1.33 bits per heavy atom. The molecule has 0 aliphatic heterocycles. The van der Waals surface area contributed by atoms with Crippen LogP contribution in [0.4, 0.5) is 0 Å². The summed E-state index contributed by atoms with van der Waals surface area (Å²) in [7, 11) is 0. The normalized spacial score (nSPS) is 13.1. The highest BCUT2D eigenvalue weighted by Gasteiger charge is 2.01. The average Bonchev–Trinajstić information content (AvgIpc) is 2.26. The van der Waals surface area contributed by atoms with Crippen LogP contribution < -0.4 is 5.32 Å². The highest BCUT2D eigenvalue weighted by molar-refractivity contribution is 4.71. The van der Waals surface area contributed by atoms with E-state index in [0.29, 0.717) is 6.04 Å². The van der Waals surface area contributed by atoms with Gasteiger partial charge in [-0.3, -0.25) is 0 Å². The van der Waals surface area contributed by atoms with Gasteiger partial charge in [0.1, 0.15) is 0 Å². The summed E-state index contributed by atoms with van der Waals surface area (Å²) in [5.41, 5.74) is 0. The van der Waals surface area contributed by atoms with Gasteiger partial charge in [-0.15, -0.1) is 6.58 Å². The number of hydrogen-bond donors (Lipinski definition) is 1. The Labute approximate surface area is 95.7 Å². The van der Waals surface area contributed by atoms with Gasteiger partial charge in [-0.1, -0.05) is 19.9 Å². The van der Waals surface area contributed by atoms with Crippen molar-refractivity contribution in [1.29, 1.82) is 0 Å². The van der Waals surface area contributed by atoms with E-state index in [1.807, 2.05) is 6.08 Å². The topological polar surface area (TPSA) is 15.3 Å². The molecule has 0 heterocycles. The van der Waals surface area contributed by atoms with Crippen molar-refractivity contribution in [2.45, 2.75) is 46.1 Å². The number of rotatable bonds is 10. The Morgan fingerprint density at radius 3 is 2.53 bits per heavy atom. The van der Waals surface area contributed by atoms with Gasteiger partial charge in [0, 0.05) is 6.04 Å². The summed E-state index contributed by atoms with van der Waals surface area (Å²) in [6, 6.07) is 0.625. The molecule has 1 atom stereocenters. The summed E-state index contributed by atoms with van der Waals surface area (Å²) < 4.78 is 0. The molecule has 0 radical (unpaired) electrons. The molecule has 2 nitrogen and oxygen atoms in total. The Morgan fingerprint density at radius 2 is 2.00 bits per heavy atom. The van der Waals surface area contributed by atoms with Crippen LogP contribution in [-0.4, -0.2) is 37.1 Å². The zero-order valence-electron chi connectivity index (χ0n) is 10.8. The first kappa shape index (κ1) is 14.7. The molecule has 0 spiro atoms. The Balaban J connectivity index is 3.32.